The Hall–Kier alpha value is -2.53. The molecule has 1 N–H and O–H groups in total. The highest BCUT2D eigenvalue weighted by atomic mass is 35.5. The summed E-state index contributed by atoms with van der Waals surface area (Å²) >= 11 is 6.28. The second-order valence-electron chi connectivity index (χ2n) is 5.58. The molecule has 0 saturated heterocycles. The van der Waals surface area contributed by atoms with Crippen molar-refractivity contribution in [2.24, 2.45) is 0 Å². The smallest absolute Gasteiger partial charge is 0.255 e. The van der Waals surface area contributed by atoms with Gasteiger partial charge >= 0.3 is 0 Å². The molecule has 132 valence electrons. The van der Waals surface area contributed by atoms with E-state index in [1.54, 1.807) is 30.3 Å². The van der Waals surface area contributed by atoms with Gasteiger partial charge in [0.1, 0.15) is 6.29 Å². The van der Waals surface area contributed by atoms with Gasteiger partial charge in [-0.25, -0.2) is 0 Å². The number of carbonyl (C=O) groups is 2. The first-order valence-corrected chi connectivity index (χ1v) is 8.32. The van der Waals surface area contributed by atoms with E-state index >= 15 is 0 Å². The van der Waals surface area contributed by atoms with Gasteiger partial charge in [-0.2, -0.15) is 0 Å². The molecule has 0 atom stereocenters. The predicted molar refractivity (Wildman–Crippen MR) is 98.2 cm³/mol. The third-order valence-electron chi connectivity index (χ3n) is 3.23. The Morgan fingerprint density at radius 2 is 1.92 bits per heavy atom. The third-order valence-corrected chi connectivity index (χ3v) is 3.51. The molecule has 1 amide bonds. The predicted octanol–water partition coefficient (Wildman–Crippen LogP) is 4.59. The van der Waals surface area contributed by atoms with Crippen LogP contribution in [0.2, 0.25) is 5.02 Å². The van der Waals surface area contributed by atoms with Crippen LogP contribution in [0.15, 0.2) is 36.4 Å². The standard InChI is InChI=1S/C19H20ClNO4/c1-4-24-17-10-14(9-16(20)18(17)25-12(2)3)19(23)21-15-7-5-13(11-22)6-8-15/h5-12H,4H2,1-3H3,(H,21,23). The fourth-order valence-corrected chi connectivity index (χ4v) is 2.42. The summed E-state index contributed by atoms with van der Waals surface area (Å²) in [4.78, 5) is 23.2. The van der Waals surface area contributed by atoms with Crippen molar-refractivity contribution >= 4 is 29.5 Å². The van der Waals surface area contributed by atoms with E-state index in [9.17, 15) is 9.59 Å². The molecule has 0 heterocycles. The minimum absolute atomic E-state index is 0.0762. The van der Waals surface area contributed by atoms with E-state index in [1.165, 1.54) is 6.07 Å². The number of halogens is 1. The minimum Gasteiger partial charge on any atom is -0.490 e. The average Bonchev–Trinajstić information content (AvgIpc) is 2.58. The number of hydrogen-bond donors (Lipinski definition) is 1. The van der Waals surface area contributed by atoms with Crippen LogP contribution in [0, 0.1) is 0 Å². The Bertz CT molecular complexity index is 757. The van der Waals surface area contributed by atoms with E-state index < -0.39 is 0 Å². The van der Waals surface area contributed by atoms with Crippen molar-refractivity contribution < 1.29 is 19.1 Å². The molecule has 2 rings (SSSR count). The minimum atomic E-state index is -0.335. The molecule has 25 heavy (non-hydrogen) atoms. The van der Waals surface area contributed by atoms with Gasteiger partial charge in [-0.1, -0.05) is 11.6 Å². The maximum atomic E-state index is 12.5. The molecule has 0 aromatic heterocycles. The summed E-state index contributed by atoms with van der Waals surface area (Å²) in [6.45, 7) is 6.03. The zero-order chi connectivity index (χ0) is 18.4. The van der Waals surface area contributed by atoms with Crippen molar-refractivity contribution in [2.75, 3.05) is 11.9 Å². The van der Waals surface area contributed by atoms with Gasteiger partial charge in [0.2, 0.25) is 0 Å². The number of carbonyl (C=O) groups excluding carboxylic acids is 2. The lowest BCUT2D eigenvalue weighted by atomic mass is 10.1. The summed E-state index contributed by atoms with van der Waals surface area (Å²) in [5.41, 5.74) is 1.46. The highest BCUT2D eigenvalue weighted by Crippen LogP contribution is 2.37. The molecule has 0 aliphatic carbocycles. The van der Waals surface area contributed by atoms with Crippen LogP contribution >= 0.6 is 11.6 Å². The Kier molecular flexibility index (Phi) is 6.42. The molecule has 0 bridgehead atoms. The number of ether oxygens (including phenoxy) is 2. The zero-order valence-corrected chi connectivity index (χ0v) is 15.1. The van der Waals surface area contributed by atoms with Gasteiger partial charge in [-0.15, -0.1) is 0 Å². The summed E-state index contributed by atoms with van der Waals surface area (Å²) in [6.07, 6.45) is 0.667. The van der Waals surface area contributed by atoms with Crippen LogP contribution in [0.3, 0.4) is 0 Å². The number of anilines is 1. The van der Waals surface area contributed by atoms with Crippen molar-refractivity contribution in [1.29, 1.82) is 0 Å². The van der Waals surface area contributed by atoms with Crippen LogP contribution in [0.1, 0.15) is 41.5 Å². The highest BCUT2D eigenvalue weighted by Gasteiger charge is 2.17. The van der Waals surface area contributed by atoms with E-state index in [-0.39, 0.29) is 12.0 Å². The molecule has 2 aromatic carbocycles. The van der Waals surface area contributed by atoms with Crippen LogP contribution < -0.4 is 14.8 Å². The monoisotopic (exact) mass is 361 g/mol. The van der Waals surface area contributed by atoms with Crippen molar-refractivity contribution in [3.8, 4) is 11.5 Å². The molecule has 0 radical (unpaired) electrons. The van der Waals surface area contributed by atoms with Crippen molar-refractivity contribution in [2.45, 2.75) is 26.9 Å². The topological polar surface area (TPSA) is 64.6 Å². The van der Waals surface area contributed by atoms with Crippen LogP contribution in [0.25, 0.3) is 0 Å². The number of rotatable bonds is 7. The van der Waals surface area contributed by atoms with Gasteiger partial charge in [0.05, 0.1) is 17.7 Å². The number of hydrogen-bond acceptors (Lipinski definition) is 4. The largest absolute Gasteiger partial charge is 0.490 e. The Morgan fingerprint density at radius 3 is 2.48 bits per heavy atom. The normalized spacial score (nSPS) is 10.4. The number of aldehydes is 1. The van der Waals surface area contributed by atoms with Gasteiger partial charge in [0.25, 0.3) is 5.91 Å². The van der Waals surface area contributed by atoms with E-state index in [1.807, 2.05) is 20.8 Å². The SMILES string of the molecule is CCOc1cc(C(=O)Nc2ccc(C=O)cc2)cc(Cl)c1OC(C)C. The molecule has 5 nitrogen and oxygen atoms in total. The lowest BCUT2D eigenvalue weighted by molar-refractivity contribution is 0.102. The molecule has 0 unspecified atom stereocenters. The van der Waals surface area contributed by atoms with E-state index in [0.717, 1.165) is 6.29 Å². The van der Waals surface area contributed by atoms with Crippen LogP contribution in [-0.4, -0.2) is 24.9 Å². The van der Waals surface area contributed by atoms with E-state index in [0.29, 0.717) is 39.9 Å². The quantitative estimate of drug-likeness (QED) is 0.732. The third kappa shape index (κ3) is 4.97. The maximum absolute atomic E-state index is 12.5. The first-order valence-electron chi connectivity index (χ1n) is 7.94. The van der Waals surface area contributed by atoms with Crippen molar-refractivity contribution in [3.05, 3.63) is 52.5 Å². The second kappa shape index (κ2) is 8.53. The molecule has 0 aliphatic rings. The van der Waals surface area contributed by atoms with Gasteiger partial charge in [0.15, 0.2) is 11.5 Å². The molecular weight excluding hydrogens is 342 g/mol. The number of nitrogens with one attached hydrogen (secondary N) is 1. The number of amides is 1. The highest BCUT2D eigenvalue weighted by molar-refractivity contribution is 6.32. The second-order valence-corrected chi connectivity index (χ2v) is 5.99. The summed E-state index contributed by atoms with van der Waals surface area (Å²) < 4.78 is 11.2. The van der Waals surface area contributed by atoms with Gasteiger partial charge in [-0.05, 0) is 57.2 Å². The van der Waals surface area contributed by atoms with Crippen LogP contribution in [-0.2, 0) is 0 Å². The fourth-order valence-electron chi connectivity index (χ4n) is 2.16. The van der Waals surface area contributed by atoms with Crippen molar-refractivity contribution in [1.82, 2.24) is 0 Å². The average molecular weight is 362 g/mol. The molecule has 0 saturated carbocycles. The van der Waals surface area contributed by atoms with Crippen LogP contribution in [0.4, 0.5) is 5.69 Å². The molecule has 6 heteroatoms. The summed E-state index contributed by atoms with van der Waals surface area (Å²) in [7, 11) is 0. The summed E-state index contributed by atoms with van der Waals surface area (Å²) in [5, 5.41) is 3.06. The van der Waals surface area contributed by atoms with Crippen molar-refractivity contribution in [3.63, 3.8) is 0 Å². The fraction of sp³-hybridized carbons (Fsp3) is 0.263. The molecule has 2 aromatic rings. The number of benzene rings is 2. The summed E-state index contributed by atoms with van der Waals surface area (Å²) in [6, 6.07) is 9.70. The van der Waals surface area contributed by atoms with Crippen LogP contribution in [0.5, 0.6) is 11.5 Å². The molecule has 0 aliphatic heterocycles. The molecular formula is C19H20ClNO4. The Balaban J connectivity index is 2.27. The van der Waals surface area contributed by atoms with E-state index in [2.05, 4.69) is 5.32 Å². The Labute approximate surface area is 151 Å². The zero-order valence-electron chi connectivity index (χ0n) is 14.3. The Morgan fingerprint density at radius 1 is 1.24 bits per heavy atom. The van der Waals surface area contributed by atoms with Gasteiger partial charge in [0, 0.05) is 16.8 Å². The first-order chi connectivity index (χ1) is 11.9. The summed E-state index contributed by atoms with van der Waals surface area (Å²) in [5.74, 6) is 0.508. The molecule has 0 spiro atoms. The van der Waals surface area contributed by atoms with Gasteiger partial charge in [-0.3, -0.25) is 9.59 Å². The maximum Gasteiger partial charge on any atom is 0.255 e. The lowest BCUT2D eigenvalue weighted by Crippen LogP contribution is -2.13. The molecule has 0 fully saturated rings. The van der Waals surface area contributed by atoms with E-state index in [4.69, 9.17) is 21.1 Å². The first kappa shape index (κ1) is 18.8. The lowest BCUT2D eigenvalue weighted by Gasteiger charge is -2.17. The van der Waals surface area contributed by atoms with Gasteiger partial charge < -0.3 is 14.8 Å².